The number of aliphatic carboxylic acids is 1. The van der Waals surface area contributed by atoms with Gasteiger partial charge in [-0.05, 0) is 143 Å². The van der Waals surface area contributed by atoms with Gasteiger partial charge in [0.05, 0.1) is 30.1 Å². The Hall–Kier alpha value is -2.57. The first-order chi connectivity index (χ1) is 22.3. The van der Waals surface area contributed by atoms with Crippen LogP contribution in [0, 0.1) is 62.1 Å². The van der Waals surface area contributed by atoms with Crippen LogP contribution in [0.1, 0.15) is 132 Å². The molecule has 7 heteroatoms. The number of hydrogen-bond donors (Lipinski definition) is 2. The van der Waals surface area contributed by atoms with Gasteiger partial charge in [0.25, 0.3) is 0 Å². The molecule has 0 bridgehead atoms. The summed E-state index contributed by atoms with van der Waals surface area (Å²) in [5.74, 6) is 1.71. The van der Waals surface area contributed by atoms with Crippen LogP contribution in [0.15, 0.2) is 35.0 Å². The molecule has 5 fully saturated rings. The molecule has 0 saturated heterocycles. The quantitative estimate of drug-likeness (QED) is 0.213. The molecule has 48 heavy (non-hydrogen) atoms. The maximum absolute atomic E-state index is 14.3. The Bertz CT molecular complexity index is 1440. The smallest absolute Gasteiger partial charge is 0.309 e. The van der Waals surface area contributed by atoms with E-state index >= 15 is 0 Å². The SMILES string of the molecule is C=C(C)[C@@H]1CC[C@]2(C(=O)NCc3ccco3)CC[C@]3(C)[C@H](CC[C@@H]4[C@@]5(C)CC[C@H](OC(=O)CC(C)(C)C(=O)O)C(C)(C)[C@@H]5CC[C@]43C)[C@@H]12. The van der Waals surface area contributed by atoms with E-state index in [0.717, 1.165) is 63.5 Å². The number of amides is 1. The Morgan fingerprint density at radius 3 is 2.33 bits per heavy atom. The van der Waals surface area contributed by atoms with E-state index in [1.165, 1.54) is 12.0 Å². The molecule has 7 nitrogen and oxygen atoms in total. The third-order valence-electron chi connectivity index (χ3n) is 15.9. The van der Waals surface area contributed by atoms with Gasteiger partial charge in [0.1, 0.15) is 11.9 Å². The number of hydrogen-bond acceptors (Lipinski definition) is 5. The molecule has 5 aliphatic carbocycles. The fraction of sp³-hybridized carbons (Fsp3) is 0.780. The van der Waals surface area contributed by atoms with Crippen LogP contribution in [0.4, 0.5) is 0 Å². The van der Waals surface area contributed by atoms with Crippen LogP contribution in [0.5, 0.6) is 0 Å². The van der Waals surface area contributed by atoms with Crippen molar-refractivity contribution < 1.29 is 28.6 Å². The molecule has 0 aromatic carbocycles. The van der Waals surface area contributed by atoms with Crippen molar-refractivity contribution in [2.75, 3.05) is 0 Å². The molecule has 6 rings (SSSR count). The number of nitrogens with one attached hydrogen (secondary N) is 1. The summed E-state index contributed by atoms with van der Waals surface area (Å²) in [5, 5.41) is 12.9. The first kappa shape index (κ1) is 35.3. The highest BCUT2D eigenvalue weighted by Crippen LogP contribution is 2.77. The van der Waals surface area contributed by atoms with E-state index in [0.29, 0.717) is 36.1 Å². The third kappa shape index (κ3) is 5.13. The van der Waals surface area contributed by atoms with E-state index in [4.69, 9.17) is 9.15 Å². The van der Waals surface area contributed by atoms with Crippen molar-refractivity contribution in [3.8, 4) is 0 Å². The largest absolute Gasteiger partial charge is 0.481 e. The lowest BCUT2D eigenvalue weighted by Gasteiger charge is -2.72. The van der Waals surface area contributed by atoms with Crippen molar-refractivity contribution in [1.82, 2.24) is 5.32 Å². The van der Waals surface area contributed by atoms with E-state index in [-0.39, 0.29) is 45.5 Å². The van der Waals surface area contributed by atoms with Crippen LogP contribution in [-0.4, -0.2) is 29.1 Å². The number of carbonyl (C=O) groups excluding carboxylic acids is 2. The molecule has 266 valence electrons. The Labute approximate surface area is 288 Å². The first-order valence-electron chi connectivity index (χ1n) is 18.7. The molecular weight excluding hydrogens is 602 g/mol. The summed E-state index contributed by atoms with van der Waals surface area (Å²) in [7, 11) is 0. The molecule has 5 saturated carbocycles. The monoisotopic (exact) mass is 663 g/mol. The van der Waals surface area contributed by atoms with Crippen molar-refractivity contribution in [2.24, 2.45) is 62.1 Å². The number of carbonyl (C=O) groups is 3. The lowest BCUT2D eigenvalue weighted by Crippen LogP contribution is -2.67. The van der Waals surface area contributed by atoms with Crippen LogP contribution < -0.4 is 5.32 Å². The Balaban J connectivity index is 1.25. The molecule has 1 amide bonds. The fourth-order valence-corrected chi connectivity index (χ4v) is 13.1. The van der Waals surface area contributed by atoms with Crippen LogP contribution >= 0.6 is 0 Å². The normalized spacial score (nSPS) is 41.6. The van der Waals surface area contributed by atoms with Crippen LogP contribution in [0.3, 0.4) is 0 Å². The Morgan fingerprint density at radius 2 is 1.69 bits per heavy atom. The summed E-state index contributed by atoms with van der Waals surface area (Å²) in [6.07, 6.45) is 11.7. The molecule has 10 atom stereocenters. The predicted molar refractivity (Wildman–Crippen MR) is 185 cm³/mol. The molecule has 1 aromatic rings. The lowest BCUT2D eigenvalue weighted by atomic mass is 9.32. The third-order valence-corrected chi connectivity index (χ3v) is 15.9. The van der Waals surface area contributed by atoms with Crippen molar-refractivity contribution in [1.29, 1.82) is 0 Å². The Kier molecular flexibility index (Phi) is 8.64. The maximum Gasteiger partial charge on any atom is 0.309 e. The molecule has 2 N–H and O–H groups in total. The molecule has 1 heterocycles. The number of carboxylic acid groups (broad SMARTS) is 1. The van der Waals surface area contributed by atoms with Crippen LogP contribution in [0.2, 0.25) is 0 Å². The van der Waals surface area contributed by atoms with E-state index in [1.807, 2.05) is 12.1 Å². The highest BCUT2D eigenvalue weighted by atomic mass is 16.5. The number of allylic oxidation sites excluding steroid dienone is 1. The maximum atomic E-state index is 14.3. The van der Waals surface area contributed by atoms with Gasteiger partial charge >= 0.3 is 11.9 Å². The molecule has 1 aromatic heterocycles. The minimum absolute atomic E-state index is 0.117. The van der Waals surface area contributed by atoms with Gasteiger partial charge in [-0.2, -0.15) is 0 Å². The van der Waals surface area contributed by atoms with E-state index in [2.05, 4.69) is 53.4 Å². The molecular formula is C41H61NO6. The average molecular weight is 664 g/mol. The summed E-state index contributed by atoms with van der Waals surface area (Å²) < 4.78 is 11.7. The van der Waals surface area contributed by atoms with Crippen molar-refractivity contribution >= 4 is 17.8 Å². The highest BCUT2D eigenvalue weighted by Gasteiger charge is 2.72. The number of ether oxygens (including phenoxy) is 1. The molecule has 0 unspecified atom stereocenters. The van der Waals surface area contributed by atoms with Gasteiger partial charge in [-0.25, -0.2) is 0 Å². The van der Waals surface area contributed by atoms with Crippen LogP contribution in [0.25, 0.3) is 0 Å². The summed E-state index contributed by atoms with van der Waals surface area (Å²) in [5.41, 5.74) is -0.103. The van der Waals surface area contributed by atoms with E-state index in [9.17, 15) is 19.5 Å². The average Bonchev–Trinajstić information content (AvgIpc) is 3.66. The highest BCUT2D eigenvalue weighted by molar-refractivity contribution is 5.84. The fourth-order valence-electron chi connectivity index (χ4n) is 13.1. The standard InChI is InChI=1S/C41H61NO6/c1-25(2)27-14-19-41(34(44)42-24-26-11-10-22-47-26)21-20-39(8)28(33(27)41)12-13-30-38(7)17-16-31(48-32(43)23-36(3,4)35(45)46)37(5,6)29(38)15-18-40(30,39)9/h10-11,22,27-31,33H,1,12-21,23-24H2,2-9H3,(H,42,44)(H,45,46)/t27-,28+,29-,30+,31-,33+,38-,39+,40+,41-/m0/s1. The topological polar surface area (TPSA) is 106 Å². The number of carboxylic acids is 1. The number of rotatable bonds is 8. The second-order valence-electron chi connectivity index (χ2n) is 18.8. The van der Waals surface area contributed by atoms with Gasteiger partial charge < -0.3 is 19.6 Å². The summed E-state index contributed by atoms with van der Waals surface area (Å²) in [6.45, 7) is 22.6. The van der Waals surface area contributed by atoms with Gasteiger partial charge in [0.15, 0.2) is 0 Å². The molecule has 5 aliphatic rings. The van der Waals surface area contributed by atoms with Gasteiger partial charge in [0.2, 0.25) is 5.91 Å². The number of fused-ring (bicyclic) bond motifs is 7. The predicted octanol–water partition coefficient (Wildman–Crippen LogP) is 8.97. The number of esters is 1. The number of furan rings is 1. The zero-order valence-corrected chi connectivity index (χ0v) is 30.9. The summed E-state index contributed by atoms with van der Waals surface area (Å²) >= 11 is 0. The summed E-state index contributed by atoms with van der Waals surface area (Å²) in [6, 6.07) is 3.80. The van der Waals surface area contributed by atoms with Gasteiger partial charge in [-0.3, -0.25) is 14.4 Å². The minimum Gasteiger partial charge on any atom is -0.481 e. The van der Waals surface area contributed by atoms with E-state index in [1.54, 1.807) is 20.1 Å². The Morgan fingerprint density at radius 1 is 0.958 bits per heavy atom. The zero-order chi connectivity index (χ0) is 35.1. The minimum atomic E-state index is -1.15. The van der Waals surface area contributed by atoms with Gasteiger partial charge in [-0.15, -0.1) is 0 Å². The molecule has 0 aliphatic heterocycles. The van der Waals surface area contributed by atoms with Crippen molar-refractivity contribution in [3.05, 3.63) is 36.3 Å². The van der Waals surface area contributed by atoms with Crippen molar-refractivity contribution in [2.45, 2.75) is 139 Å². The van der Waals surface area contributed by atoms with E-state index < -0.39 is 17.4 Å². The molecule has 0 spiro atoms. The molecule has 0 radical (unpaired) electrons. The second-order valence-corrected chi connectivity index (χ2v) is 18.8. The van der Waals surface area contributed by atoms with Crippen LogP contribution in [-0.2, 0) is 25.7 Å². The first-order valence-corrected chi connectivity index (χ1v) is 18.7. The second kappa shape index (κ2) is 11.8. The lowest BCUT2D eigenvalue weighted by molar-refractivity contribution is -0.249. The summed E-state index contributed by atoms with van der Waals surface area (Å²) in [4.78, 5) is 39.0. The zero-order valence-electron chi connectivity index (χ0n) is 30.9. The van der Waals surface area contributed by atoms with Gasteiger partial charge in [0, 0.05) is 5.41 Å². The van der Waals surface area contributed by atoms with Gasteiger partial charge in [-0.1, -0.05) is 46.8 Å². The van der Waals surface area contributed by atoms with Crippen molar-refractivity contribution in [3.63, 3.8) is 0 Å².